The summed E-state index contributed by atoms with van der Waals surface area (Å²) in [4.78, 5) is 24.1. The van der Waals surface area contributed by atoms with Crippen LogP contribution >= 0.6 is 11.6 Å². The lowest BCUT2D eigenvalue weighted by molar-refractivity contribution is -0.119. The molecule has 7 heteroatoms. The number of nitrogens with one attached hydrogen (secondary N) is 1. The maximum absolute atomic E-state index is 13.7. The molecular weight excluding hydrogens is 314 g/mol. The zero-order valence-electron chi connectivity index (χ0n) is 11.3. The average Bonchev–Trinajstić information content (AvgIpc) is 2.93. The third-order valence-electron chi connectivity index (χ3n) is 3.60. The lowest BCUT2D eigenvalue weighted by atomic mass is 10.0. The van der Waals surface area contributed by atoms with Gasteiger partial charge in [0.05, 0.1) is 16.4 Å². The van der Waals surface area contributed by atoms with Crippen LogP contribution in [0.3, 0.4) is 0 Å². The summed E-state index contributed by atoms with van der Waals surface area (Å²) in [5.41, 5.74) is 0.177. The molecule has 0 radical (unpaired) electrons. The number of rotatable bonds is 2. The zero-order chi connectivity index (χ0) is 15.9. The van der Waals surface area contributed by atoms with Crippen LogP contribution in [0.15, 0.2) is 30.5 Å². The number of anilines is 1. The normalized spacial score (nSPS) is 17.2. The minimum absolute atomic E-state index is 0.0416. The van der Waals surface area contributed by atoms with E-state index in [0.29, 0.717) is 18.2 Å². The number of nitrogens with zero attached hydrogens (tertiary/aromatic N) is 1. The summed E-state index contributed by atoms with van der Waals surface area (Å²) in [5, 5.41) is 2.16. The van der Waals surface area contributed by atoms with Crippen LogP contribution < -0.4 is 5.32 Å². The molecule has 0 saturated heterocycles. The summed E-state index contributed by atoms with van der Waals surface area (Å²) in [5.74, 6) is -2.31. The predicted octanol–water partition coefficient (Wildman–Crippen LogP) is 3.58. The lowest BCUT2D eigenvalue weighted by Crippen LogP contribution is -2.31. The fourth-order valence-corrected chi connectivity index (χ4v) is 2.80. The number of hydrogen-bond acceptors (Lipinski definition) is 2. The van der Waals surface area contributed by atoms with Gasteiger partial charge < -0.3 is 9.88 Å². The molecule has 0 fully saturated rings. The number of amides is 1. The minimum Gasteiger partial charge on any atom is -0.333 e. The number of carbonyl (C=O) groups excluding carboxylic acids is 2. The summed E-state index contributed by atoms with van der Waals surface area (Å²) in [7, 11) is 0. The van der Waals surface area contributed by atoms with E-state index in [1.54, 1.807) is 22.9 Å². The van der Waals surface area contributed by atoms with Crippen LogP contribution in [-0.2, 0) is 4.79 Å². The topological polar surface area (TPSA) is 51.1 Å². The number of halogens is 3. The maximum atomic E-state index is 13.7. The summed E-state index contributed by atoms with van der Waals surface area (Å²) in [6.45, 7) is 0. The molecule has 4 nitrogen and oxygen atoms in total. The Balaban J connectivity index is 1.88. The zero-order valence-corrected chi connectivity index (χ0v) is 12.0. The van der Waals surface area contributed by atoms with E-state index >= 15 is 0 Å². The van der Waals surface area contributed by atoms with Crippen molar-refractivity contribution >= 4 is 29.0 Å². The second-order valence-corrected chi connectivity index (χ2v) is 5.42. The Morgan fingerprint density at radius 2 is 2.14 bits per heavy atom. The van der Waals surface area contributed by atoms with Gasteiger partial charge in [-0.1, -0.05) is 11.6 Å². The molecule has 1 N–H and O–H groups in total. The van der Waals surface area contributed by atoms with Gasteiger partial charge in [-0.05, 0) is 24.6 Å². The Morgan fingerprint density at radius 3 is 2.86 bits per heavy atom. The molecule has 1 aromatic carbocycles. The molecule has 0 saturated carbocycles. The smallest absolute Gasteiger partial charge is 0.247 e. The highest BCUT2D eigenvalue weighted by atomic mass is 35.5. The van der Waals surface area contributed by atoms with Crippen molar-refractivity contribution in [2.24, 2.45) is 0 Å². The Labute approximate surface area is 129 Å². The van der Waals surface area contributed by atoms with Crippen LogP contribution in [0.1, 0.15) is 29.4 Å². The molecule has 2 heterocycles. The highest BCUT2D eigenvalue weighted by Crippen LogP contribution is 2.30. The van der Waals surface area contributed by atoms with Crippen LogP contribution in [0.2, 0.25) is 5.02 Å². The SMILES string of the molecule is O=C1CC[C@H](C(=O)Nc2c(F)cc(F)cc2Cl)n2cccc21. The number of fused-ring (bicyclic) bond motifs is 1. The van der Waals surface area contributed by atoms with Gasteiger partial charge in [0.25, 0.3) is 0 Å². The summed E-state index contributed by atoms with van der Waals surface area (Å²) < 4.78 is 28.3. The van der Waals surface area contributed by atoms with Crippen molar-refractivity contribution in [1.82, 2.24) is 4.57 Å². The first-order valence-corrected chi connectivity index (χ1v) is 7.00. The molecule has 0 aliphatic carbocycles. The fourth-order valence-electron chi connectivity index (χ4n) is 2.56. The predicted molar refractivity (Wildman–Crippen MR) is 77.0 cm³/mol. The minimum atomic E-state index is -0.946. The molecule has 1 aromatic heterocycles. The largest absolute Gasteiger partial charge is 0.333 e. The summed E-state index contributed by atoms with van der Waals surface area (Å²) in [6, 6.07) is 4.24. The first-order valence-electron chi connectivity index (χ1n) is 6.63. The van der Waals surface area contributed by atoms with Crippen LogP contribution in [0.5, 0.6) is 0 Å². The van der Waals surface area contributed by atoms with Crippen molar-refractivity contribution in [3.63, 3.8) is 0 Å². The van der Waals surface area contributed by atoms with E-state index < -0.39 is 23.6 Å². The quantitative estimate of drug-likeness (QED) is 0.918. The molecule has 1 aliphatic rings. The molecule has 2 aromatic rings. The number of benzene rings is 1. The van der Waals surface area contributed by atoms with E-state index in [-0.39, 0.29) is 22.9 Å². The summed E-state index contributed by atoms with van der Waals surface area (Å²) in [6.07, 6.45) is 2.17. The number of aromatic nitrogens is 1. The highest BCUT2D eigenvalue weighted by molar-refractivity contribution is 6.33. The highest BCUT2D eigenvalue weighted by Gasteiger charge is 2.30. The van der Waals surface area contributed by atoms with E-state index in [1.165, 1.54) is 0 Å². The average molecular weight is 325 g/mol. The first kappa shape index (κ1) is 14.7. The van der Waals surface area contributed by atoms with Crippen LogP contribution in [0, 0.1) is 11.6 Å². The molecule has 1 amide bonds. The Kier molecular flexibility index (Phi) is 3.70. The van der Waals surface area contributed by atoms with E-state index in [2.05, 4.69) is 5.32 Å². The number of ketones is 1. The molecule has 114 valence electrons. The van der Waals surface area contributed by atoms with Crippen LogP contribution in [0.25, 0.3) is 0 Å². The monoisotopic (exact) mass is 324 g/mol. The first-order chi connectivity index (χ1) is 10.5. The second-order valence-electron chi connectivity index (χ2n) is 5.01. The van der Waals surface area contributed by atoms with Crippen molar-refractivity contribution in [2.75, 3.05) is 5.32 Å². The number of hydrogen-bond donors (Lipinski definition) is 1. The van der Waals surface area contributed by atoms with E-state index in [4.69, 9.17) is 11.6 Å². The van der Waals surface area contributed by atoms with Crippen LogP contribution in [-0.4, -0.2) is 16.3 Å². The van der Waals surface area contributed by atoms with Crippen molar-refractivity contribution < 1.29 is 18.4 Å². The molecule has 22 heavy (non-hydrogen) atoms. The maximum Gasteiger partial charge on any atom is 0.247 e. The van der Waals surface area contributed by atoms with Gasteiger partial charge in [0, 0.05) is 18.7 Å². The van der Waals surface area contributed by atoms with Gasteiger partial charge in [-0.15, -0.1) is 0 Å². The Bertz CT molecular complexity index is 750. The molecule has 3 rings (SSSR count). The van der Waals surface area contributed by atoms with Gasteiger partial charge in [-0.3, -0.25) is 9.59 Å². The van der Waals surface area contributed by atoms with Gasteiger partial charge >= 0.3 is 0 Å². The third-order valence-corrected chi connectivity index (χ3v) is 3.90. The molecule has 0 bridgehead atoms. The van der Waals surface area contributed by atoms with Crippen molar-refractivity contribution in [3.05, 3.63) is 52.8 Å². The van der Waals surface area contributed by atoms with Crippen molar-refractivity contribution in [3.8, 4) is 0 Å². The molecule has 0 unspecified atom stereocenters. The van der Waals surface area contributed by atoms with Crippen molar-refractivity contribution in [2.45, 2.75) is 18.9 Å². The van der Waals surface area contributed by atoms with E-state index in [0.717, 1.165) is 6.07 Å². The van der Waals surface area contributed by atoms with E-state index in [9.17, 15) is 18.4 Å². The Morgan fingerprint density at radius 1 is 1.36 bits per heavy atom. The third kappa shape index (κ3) is 2.50. The molecular formula is C15H11ClF2N2O2. The number of Topliss-reactive ketones (excluding diaryl/α,β-unsaturated/α-hetero) is 1. The molecule has 1 atom stereocenters. The van der Waals surface area contributed by atoms with Gasteiger partial charge in [0.15, 0.2) is 11.6 Å². The standard InChI is InChI=1S/C15H11ClF2N2O2/c16-9-6-8(17)7-10(18)14(9)19-15(22)12-3-4-13(21)11-2-1-5-20(11)12/h1-2,5-7,12H,3-4H2,(H,19,22)/t12-/m1/s1. The second kappa shape index (κ2) is 5.53. The van der Waals surface area contributed by atoms with Crippen molar-refractivity contribution in [1.29, 1.82) is 0 Å². The van der Waals surface area contributed by atoms with Gasteiger partial charge in [0.2, 0.25) is 5.91 Å². The van der Waals surface area contributed by atoms with Gasteiger partial charge in [0.1, 0.15) is 11.9 Å². The Hall–Kier alpha value is -2.21. The van der Waals surface area contributed by atoms with Crippen LogP contribution in [0.4, 0.5) is 14.5 Å². The molecule has 0 spiro atoms. The van der Waals surface area contributed by atoms with Gasteiger partial charge in [-0.25, -0.2) is 8.78 Å². The number of carbonyl (C=O) groups is 2. The van der Waals surface area contributed by atoms with Gasteiger partial charge in [-0.2, -0.15) is 0 Å². The molecule has 1 aliphatic heterocycles. The fraction of sp³-hybridized carbons (Fsp3) is 0.200. The summed E-state index contributed by atoms with van der Waals surface area (Å²) >= 11 is 5.76. The lowest BCUT2D eigenvalue weighted by Gasteiger charge is -2.24. The van der Waals surface area contributed by atoms with E-state index in [1.807, 2.05) is 0 Å².